The molecule has 80 valence electrons. The molecule has 1 aromatic rings. The van der Waals surface area contributed by atoms with Crippen molar-refractivity contribution in [3.05, 3.63) is 23.0 Å². The van der Waals surface area contributed by atoms with Gasteiger partial charge in [0, 0.05) is 24.2 Å². The summed E-state index contributed by atoms with van der Waals surface area (Å²) in [5.74, 6) is 2.98. The zero-order valence-electron chi connectivity index (χ0n) is 9.92. The first-order valence-electron chi connectivity index (χ1n) is 5.30. The molecule has 0 saturated carbocycles. The van der Waals surface area contributed by atoms with Crippen molar-refractivity contribution in [2.45, 2.75) is 39.4 Å². The van der Waals surface area contributed by atoms with Gasteiger partial charge in [-0.3, -0.25) is 0 Å². The predicted octanol–water partition coefficient (Wildman–Crippen LogP) is 3.71. The van der Waals surface area contributed by atoms with Gasteiger partial charge in [0.25, 0.3) is 0 Å². The summed E-state index contributed by atoms with van der Waals surface area (Å²) in [7, 11) is 2.17. The summed E-state index contributed by atoms with van der Waals surface area (Å²) in [5, 5.41) is 0. The highest BCUT2D eigenvalue weighted by atomic mass is 32.2. The molecule has 1 rings (SSSR count). The van der Waals surface area contributed by atoms with E-state index in [1.807, 2.05) is 11.8 Å². The molecule has 0 aromatic carbocycles. The van der Waals surface area contributed by atoms with Crippen LogP contribution in [0.5, 0.6) is 0 Å². The van der Waals surface area contributed by atoms with Crippen LogP contribution in [-0.2, 0) is 12.8 Å². The molecule has 0 saturated heterocycles. The third-order valence-electron chi connectivity index (χ3n) is 2.70. The number of aryl methyl sites for hydroxylation is 1. The molecule has 0 unspecified atom stereocenters. The second-order valence-electron chi connectivity index (χ2n) is 4.04. The van der Waals surface area contributed by atoms with Gasteiger partial charge in [0.05, 0.1) is 0 Å². The first-order chi connectivity index (χ1) is 6.57. The van der Waals surface area contributed by atoms with Crippen LogP contribution in [0, 0.1) is 6.92 Å². The summed E-state index contributed by atoms with van der Waals surface area (Å²) in [6.07, 6.45) is 0. The molecular weight excluding hydrogens is 190 g/mol. The Labute approximate surface area is 91.9 Å². The van der Waals surface area contributed by atoms with Crippen LogP contribution in [0.3, 0.4) is 0 Å². The highest BCUT2D eigenvalue weighted by Crippen LogP contribution is 2.26. The Balaban J connectivity index is 2.97. The van der Waals surface area contributed by atoms with E-state index in [0.717, 1.165) is 5.75 Å². The Morgan fingerprint density at radius 2 is 2.07 bits per heavy atom. The van der Waals surface area contributed by atoms with Crippen molar-refractivity contribution in [1.29, 1.82) is 0 Å². The molecule has 0 spiro atoms. The number of hydrogen-bond donors (Lipinski definition) is 0. The van der Waals surface area contributed by atoms with Crippen LogP contribution in [0.4, 0.5) is 0 Å². The third-order valence-corrected chi connectivity index (χ3v) is 3.58. The fourth-order valence-corrected chi connectivity index (χ4v) is 2.45. The molecule has 1 aromatic heterocycles. The van der Waals surface area contributed by atoms with Crippen molar-refractivity contribution >= 4 is 11.8 Å². The minimum Gasteiger partial charge on any atom is -0.351 e. The lowest BCUT2D eigenvalue weighted by atomic mass is 10.0. The third kappa shape index (κ3) is 2.35. The van der Waals surface area contributed by atoms with Gasteiger partial charge in [0.15, 0.2) is 0 Å². The monoisotopic (exact) mass is 211 g/mol. The molecule has 0 amide bonds. The van der Waals surface area contributed by atoms with E-state index in [-0.39, 0.29) is 0 Å². The molecule has 0 fully saturated rings. The van der Waals surface area contributed by atoms with Crippen molar-refractivity contribution in [3.63, 3.8) is 0 Å². The summed E-state index contributed by atoms with van der Waals surface area (Å²) in [6, 6.07) is 2.33. The summed E-state index contributed by atoms with van der Waals surface area (Å²) < 4.78 is 2.33. The first kappa shape index (κ1) is 11.7. The summed E-state index contributed by atoms with van der Waals surface area (Å²) in [4.78, 5) is 0. The maximum atomic E-state index is 2.33. The van der Waals surface area contributed by atoms with Crippen LogP contribution >= 0.6 is 11.8 Å². The molecule has 0 bridgehead atoms. The Bertz CT molecular complexity index is 300. The molecule has 0 radical (unpaired) electrons. The van der Waals surface area contributed by atoms with E-state index in [2.05, 4.69) is 45.4 Å². The SMILES string of the molecule is CCSCc1c(C(C)C)cc(C)n1C. The molecule has 0 aliphatic heterocycles. The van der Waals surface area contributed by atoms with E-state index in [4.69, 9.17) is 0 Å². The van der Waals surface area contributed by atoms with E-state index >= 15 is 0 Å². The van der Waals surface area contributed by atoms with Crippen molar-refractivity contribution in [2.75, 3.05) is 5.75 Å². The van der Waals surface area contributed by atoms with E-state index in [0.29, 0.717) is 5.92 Å². The normalized spacial score (nSPS) is 11.3. The maximum absolute atomic E-state index is 2.33. The van der Waals surface area contributed by atoms with Gasteiger partial charge < -0.3 is 4.57 Å². The lowest BCUT2D eigenvalue weighted by Gasteiger charge is -2.09. The number of aromatic nitrogens is 1. The average Bonchev–Trinajstić information content (AvgIpc) is 2.41. The minimum atomic E-state index is 0.641. The molecule has 1 heterocycles. The fourth-order valence-electron chi connectivity index (χ4n) is 1.69. The second-order valence-corrected chi connectivity index (χ2v) is 5.31. The Kier molecular flexibility index (Phi) is 4.11. The van der Waals surface area contributed by atoms with Gasteiger partial charge in [-0.2, -0.15) is 11.8 Å². The topological polar surface area (TPSA) is 4.93 Å². The molecule has 0 N–H and O–H groups in total. The van der Waals surface area contributed by atoms with Crippen molar-refractivity contribution in [3.8, 4) is 0 Å². The van der Waals surface area contributed by atoms with Crippen molar-refractivity contribution in [1.82, 2.24) is 4.57 Å². The van der Waals surface area contributed by atoms with Gasteiger partial charge in [-0.05, 0) is 30.2 Å². The predicted molar refractivity (Wildman–Crippen MR) is 66.1 cm³/mol. The Morgan fingerprint density at radius 3 is 2.57 bits per heavy atom. The molecule has 2 heteroatoms. The number of hydrogen-bond acceptors (Lipinski definition) is 1. The van der Waals surface area contributed by atoms with Gasteiger partial charge in [0.1, 0.15) is 0 Å². The highest BCUT2D eigenvalue weighted by Gasteiger charge is 2.12. The van der Waals surface area contributed by atoms with Gasteiger partial charge in [-0.15, -0.1) is 0 Å². The van der Waals surface area contributed by atoms with E-state index < -0.39 is 0 Å². The van der Waals surface area contributed by atoms with Crippen LogP contribution < -0.4 is 0 Å². The number of rotatable bonds is 4. The largest absolute Gasteiger partial charge is 0.351 e. The summed E-state index contributed by atoms with van der Waals surface area (Å²) >= 11 is 2.00. The van der Waals surface area contributed by atoms with E-state index in [1.165, 1.54) is 22.7 Å². The highest BCUT2D eigenvalue weighted by molar-refractivity contribution is 7.98. The molecule has 0 aliphatic carbocycles. The standard InChI is InChI=1S/C12H21NS/c1-6-14-8-12-11(9(2)3)7-10(4)13(12)5/h7,9H,6,8H2,1-5H3. The van der Waals surface area contributed by atoms with E-state index in [1.54, 1.807) is 0 Å². The number of nitrogens with zero attached hydrogens (tertiary/aromatic N) is 1. The number of thioether (sulfide) groups is 1. The maximum Gasteiger partial charge on any atom is 0.0340 e. The van der Waals surface area contributed by atoms with Crippen molar-refractivity contribution in [2.24, 2.45) is 7.05 Å². The molecular formula is C12H21NS. The van der Waals surface area contributed by atoms with E-state index in [9.17, 15) is 0 Å². The van der Waals surface area contributed by atoms with Gasteiger partial charge in [-0.25, -0.2) is 0 Å². The van der Waals surface area contributed by atoms with Gasteiger partial charge in [0.2, 0.25) is 0 Å². The Morgan fingerprint density at radius 1 is 1.43 bits per heavy atom. The molecule has 0 aliphatic rings. The molecule has 14 heavy (non-hydrogen) atoms. The average molecular weight is 211 g/mol. The van der Waals surface area contributed by atoms with Crippen molar-refractivity contribution < 1.29 is 0 Å². The molecule has 0 atom stereocenters. The summed E-state index contributed by atoms with van der Waals surface area (Å²) in [6.45, 7) is 8.95. The first-order valence-corrected chi connectivity index (χ1v) is 6.46. The van der Waals surface area contributed by atoms with Crippen LogP contribution in [0.1, 0.15) is 43.6 Å². The molecule has 1 nitrogen and oxygen atoms in total. The lowest BCUT2D eigenvalue weighted by molar-refractivity contribution is 0.800. The zero-order valence-corrected chi connectivity index (χ0v) is 10.7. The quantitative estimate of drug-likeness (QED) is 0.735. The second kappa shape index (κ2) is 4.92. The minimum absolute atomic E-state index is 0.641. The van der Waals surface area contributed by atoms with Crippen LogP contribution in [0.15, 0.2) is 6.07 Å². The van der Waals surface area contributed by atoms with Gasteiger partial charge in [-0.1, -0.05) is 20.8 Å². The zero-order chi connectivity index (χ0) is 10.7. The van der Waals surface area contributed by atoms with Crippen LogP contribution in [0.25, 0.3) is 0 Å². The van der Waals surface area contributed by atoms with Crippen LogP contribution in [-0.4, -0.2) is 10.3 Å². The summed E-state index contributed by atoms with van der Waals surface area (Å²) in [5.41, 5.74) is 4.40. The van der Waals surface area contributed by atoms with Crippen LogP contribution in [0.2, 0.25) is 0 Å². The lowest BCUT2D eigenvalue weighted by Crippen LogP contribution is -2.00. The Hall–Kier alpha value is -0.370. The smallest absolute Gasteiger partial charge is 0.0340 e. The van der Waals surface area contributed by atoms with Gasteiger partial charge >= 0.3 is 0 Å². The fraction of sp³-hybridized carbons (Fsp3) is 0.667.